The van der Waals surface area contributed by atoms with E-state index < -0.39 is 0 Å². The van der Waals surface area contributed by atoms with E-state index in [2.05, 4.69) is 22.5 Å². The molecule has 2 aliphatic rings. The zero-order valence-corrected chi connectivity index (χ0v) is 15.4. The molecule has 2 N–H and O–H groups in total. The molecule has 1 aromatic rings. The van der Waals surface area contributed by atoms with Crippen LogP contribution in [0.5, 0.6) is 0 Å². The second-order valence-electron chi connectivity index (χ2n) is 7.42. The van der Waals surface area contributed by atoms with Crippen molar-refractivity contribution in [3.63, 3.8) is 0 Å². The SMILES string of the molecule is Cc1ccc(C(CNC(=O)NC2CCC(C)CC2)N2CCOCC2)o1. The molecule has 1 unspecified atom stereocenters. The number of ether oxygens (including phenoxy) is 1. The van der Waals surface area contributed by atoms with E-state index in [9.17, 15) is 4.79 Å². The highest BCUT2D eigenvalue weighted by Crippen LogP contribution is 2.24. The van der Waals surface area contributed by atoms with Gasteiger partial charge < -0.3 is 19.8 Å². The lowest BCUT2D eigenvalue weighted by atomic mass is 9.87. The largest absolute Gasteiger partial charge is 0.465 e. The van der Waals surface area contributed by atoms with Gasteiger partial charge in [-0.05, 0) is 50.7 Å². The predicted molar refractivity (Wildman–Crippen MR) is 96.5 cm³/mol. The lowest BCUT2D eigenvalue weighted by Crippen LogP contribution is -2.48. The summed E-state index contributed by atoms with van der Waals surface area (Å²) in [4.78, 5) is 14.6. The number of nitrogens with zero attached hydrogens (tertiary/aromatic N) is 1. The van der Waals surface area contributed by atoms with Crippen LogP contribution in [0.1, 0.15) is 50.2 Å². The number of amides is 2. The molecule has 140 valence electrons. The fourth-order valence-electron chi connectivity index (χ4n) is 3.76. The molecular formula is C19H31N3O3. The standard InChI is InChI=1S/C19H31N3O3/c1-14-3-6-16(7-4-14)21-19(23)20-13-17(18-8-5-15(2)25-18)22-9-11-24-12-10-22/h5,8,14,16-17H,3-4,6-7,9-13H2,1-2H3,(H2,20,21,23). The molecule has 1 saturated heterocycles. The molecule has 25 heavy (non-hydrogen) atoms. The molecule has 1 aliphatic carbocycles. The first-order valence-electron chi connectivity index (χ1n) is 9.54. The smallest absolute Gasteiger partial charge is 0.315 e. The van der Waals surface area contributed by atoms with Gasteiger partial charge in [-0.25, -0.2) is 4.79 Å². The number of hydrogen-bond donors (Lipinski definition) is 2. The van der Waals surface area contributed by atoms with Crippen LogP contribution in [0.15, 0.2) is 16.5 Å². The number of carbonyl (C=O) groups is 1. The highest BCUT2D eigenvalue weighted by Gasteiger charge is 2.26. The van der Waals surface area contributed by atoms with Gasteiger partial charge >= 0.3 is 6.03 Å². The quantitative estimate of drug-likeness (QED) is 0.858. The third-order valence-corrected chi connectivity index (χ3v) is 5.38. The van der Waals surface area contributed by atoms with Gasteiger partial charge in [-0.15, -0.1) is 0 Å². The van der Waals surface area contributed by atoms with Gasteiger partial charge in [0.25, 0.3) is 0 Å². The number of carbonyl (C=O) groups excluding carboxylic acids is 1. The van der Waals surface area contributed by atoms with E-state index in [1.165, 1.54) is 12.8 Å². The maximum Gasteiger partial charge on any atom is 0.315 e. The summed E-state index contributed by atoms with van der Waals surface area (Å²) in [5.74, 6) is 2.59. The first-order valence-corrected chi connectivity index (χ1v) is 9.54. The normalized spacial score (nSPS) is 26.2. The van der Waals surface area contributed by atoms with Gasteiger partial charge in [-0.3, -0.25) is 4.90 Å². The summed E-state index contributed by atoms with van der Waals surface area (Å²) in [6, 6.07) is 4.28. The van der Waals surface area contributed by atoms with Crippen molar-refractivity contribution in [2.75, 3.05) is 32.8 Å². The van der Waals surface area contributed by atoms with E-state index in [-0.39, 0.29) is 12.1 Å². The summed E-state index contributed by atoms with van der Waals surface area (Å²) in [5.41, 5.74) is 0. The fourth-order valence-corrected chi connectivity index (χ4v) is 3.76. The van der Waals surface area contributed by atoms with Crippen molar-refractivity contribution >= 4 is 6.03 Å². The number of urea groups is 1. The van der Waals surface area contributed by atoms with Gasteiger partial charge in [-0.2, -0.15) is 0 Å². The minimum absolute atomic E-state index is 0.0507. The van der Waals surface area contributed by atoms with Crippen LogP contribution in [0.4, 0.5) is 4.79 Å². The van der Waals surface area contributed by atoms with Gasteiger partial charge in [0.05, 0.1) is 19.3 Å². The number of nitrogens with one attached hydrogen (secondary N) is 2. The Morgan fingerprint density at radius 3 is 2.60 bits per heavy atom. The number of morpholine rings is 1. The van der Waals surface area contributed by atoms with Crippen LogP contribution in [-0.2, 0) is 4.74 Å². The number of hydrogen-bond acceptors (Lipinski definition) is 4. The van der Waals surface area contributed by atoms with Gasteiger partial charge in [0.15, 0.2) is 0 Å². The molecule has 1 aliphatic heterocycles. The average Bonchev–Trinajstić information content (AvgIpc) is 3.04. The number of rotatable bonds is 5. The van der Waals surface area contributed by atoms with Gasteiger partial charge in [-0.1, -0.05) is 6.92 Å². The zero-order chi connectivity index (χ0) is 17.6. The molecule has 0 bridgehead atoms. The third-order valence-electron chi connectivity index (χ3n) is 5.38. The molecule has 3 rings (SSSR count). The minimum Gasteiger partial charge on any atom is -0.465 e. The maximum atomic E-state index is 12.3. The molecule has 1 saturated carbocycles. The molecule has 2 amide bonds. The second-order valence-corrected chi connectivity index (χ2v) is 7.42. The van der Waals surface area contributed by atoms with Crippen LogP contribution in [0.25, 0.3) is 0 Å². The van der Waals surface area contributed by atoms with Crippen molar-refractivity contribution in [1.29, 1.82) is 0 Å². The molecule has 1 atom stereocenters. The summed E-state index contributed by atoms with van der Waals surface area (Å²) < 4.78 is 11.3. The minimum atomic E-state index is -0.0684. The molecule has 0 radical (unpaired) electrons. The Morgan fingerprint density at radius 2 is 1.96 bits per heavy atom. The average molecular weight is 349 g/mol. The predicted octanol–water partition coefficient (Wildman–Crippen LogP) is 2.84. The van der Waals surface area contributed by atoms with Gasteiger partial charge in [0, 0.05) is 25.7 Å². The van der Waals surface area contributed by atoms with E-state index in [0.717, 1.165) is 56.6 Å². The van der Waals surface area contributed by atoms with Crippen LogP contribution in [0.2, 0.25) is 0 Å². The summed E-state index contributed by atoms with van der Waals surface area (Å²) >= 11 is 0. The molecular weight excluding hydrogens is 318 g/mol. The second kappa shape index (κ2) is 8.72. The number of aryl methyl sites for hydroxylation is 1. The van der Waals surface area contributed by atoms with E-state index in [1.807, 2.05) is 19.1 Å². The highest BCUT2D eigenvalue weighted by atomic mass is 16.5. The van der Waals surface area contributed by atoms with Crippen LogP contribution in [0.3, 0.4) is 0 Å². The van der Waals surface area contributed by atoms with Crippen molar-refractivity contribution < 1.29 is 13.9 Å². The van der Waals surface area contributed by atoms with Gasteiger partial charge in [0.1, 0.15) is 11.5 Å². The van der Waals surface area contributed by atoms with E-state index in [4.69, 9.17) is 9.15 Å². The Kier molecular flexibility index (Phi) is 6.37. The van der Waals surface area contributed by atoms with Crippen molar-refractivity contribution in [3.05, 3.63) is 23.7 Å². The first kappa shape index (κ1) is 18.3. The Hall–Kier alpha value is -1.53. The molecule has 2 fully saturated rings. The Bertz CT molecular complexity index is 546. The van der Waals surface area contributed by atoms with E-state index in [0.29, 0.717) is 12.6 Å². The highest BCUT2D eigenvalue weighted by molar-refractivity contribution is 5.74. The van der Waals surface area contributed by atoms with Crippen LogP contribution in [0, 0.1) is 12.8 Å². The van der Waals surface area contributed by atoms with Crippen LogP contribution in [-0.4, -0.2) is 49.8 Å². The number of furan rings is 1. The van der Waals surface area contributed by atoms with E-state index >= 15 is 0 Å². The Morgan fingerprint density at radius 1 is 1.24 bits per heavy atom. The lowest BCUT2D eigenvalue weighted by molar-refractivity contribution is 0.0121. The van der Waals surface area contributed by atoms with Crippen molar-refractivity contribution in [2.45, 2.75) is 51.6 Å². The monoisotopic (exact) mass is 349 g/mol. The van der Waals surface area contributed by atoms with Crippen molar-refractivity contribution in [1.82, 2.24) is 15.5 Å². The Labute approximate surface area is 150 Å². The van der Waals surface area contributed by atoms with Crippen LogP contribution >= 0.6 is 0 Å². The molecule has 0 spiro atoms. The van der Waals surface area contributed by atoms with Crippen molar-refractivity contribution in [3.8, 4) is 0 Å². The first-order chi connectivity index (χ1) is 12.1. The molecule has 6 nitrogen and oxygen atoms in total. The van der Waals surface area contributed by atoms with E-state index in [1.54, 1.807) is 0 Å². The molecule has 0 aromatic carbocycles. The van der Waals surface area contributed by atoms with Gasteiger partial charge in [0.2, 0.25) is 0 Å². The Balaban J connectivity index is 1.53. The fraction of sp³-hybridized carbons (Fsp3) is 0.737. The molecule has 6 heteroatoms. The summed E-state index contributed by atoms with van der Waals surface area (Å²) in [6.45, 7) is 7.94. The van der Waals surface area contributed by atoms with Crippen molar-refractivity contribution in [2.24, 2.45) is 5.92 Å². The zero-order valence-electron chi connectivity index (χ0n) is 15.4. The third kappa shape index (κ3) is 5.22. The summed E-state index contributed by atoms with van der Waals surface area (Å²) in [5, 5.41) is 6.18. The van der Waals surface area contributed by atoms with Crippen LogP contribution < -0.4 is 10.6 Å². The molecule has 1 aromatic heterocycles. The summed E-state index contributed by atoms with van der Waals surface area (Å²) in [6.07, 6.45) is 4.57. The summed E-state index contributed by atoms with van der Waals surface area (Å²) in [7, 11) is 0. The topological polar surface area (TPSA) is 66.7 Å². The lowest BCUT2D eigenvalue weighted by Gasteiger charge is -2.33. The molecule has 2 heterocycles. The maximum absolute atomic E-state index is 12.3.